The number of anilines is 3. The van der Waals surface area contributed by atoms with Crippen molar-refractivity contribution >= 4 is 80.9 Å². The maximum Gasteiger partial charge on any atom is 0.0647 e. The van der Waals surface area contributed by atoms with Gasteiger partial charge in [0.15, 0.2) is 0 Å². The fraction of sp³-hybridized carbons (Fsp3) is 0. The molecular formula is C60H39NS. The summed E-state index contributed by atoms with van der Waals surface area (Å²) in [6.07, 6.45) is 0. The second kappa shape index (κ2) is 15.0. The van der Waals surface area contributed by atoms with E-state index in [1.807, 2.05) is 11.3 Å². The number of fused-ring (bicyclic) bond motifs is 7. The van der Waals surface area contributed by atoms with Crippen LogP contribution >= 0.6 is 11.3 Å². The molecule has 0 aliphatic heterocycles. The van der Waals surface area contributed by atoms with Crippen LogP contribution in [0.2, 0.25) is 0 Å². The Balaban J connectivity index is 1.01. The van der Waals surface area contributed by atoms with Gasteiger partial charge in [0.05, 0.1) is 16.1 Å². The number of thiophene rings is 1. The molecule has 1 nitrogen and oxygen atoms in total. The molecule has 290 valence electrons. The van der Waals surface area contributed by atoms with Gasteiger partial charge in [0.1, 0.15) is 0 Å². The molecule has 0 fully saturated rings. The van der Waals surface area contributed by atoms with E-state index in [-0.39, 0.29) is 0 Å². The molecule has 1 heterocycles. The van der Waals surface area contributed by atoms with Gasteiger partial charge >= 0.3 is 0 Å². The molecule has 11 aromatic carbocycles. The van der Waals surface area contributed by atoms with Gasteiger partial charge in [-0.1, -0.05) is 182 Å². The Morgan fingerprint density at radius 2 is 0.774 bits per heavy atom. The van der Waals surface area contributed by atoms with Gasteiger partial charge in [-0.25, -0.2) is 0 Å². The first-order valence-electron chi connectivity index (χ1n) is 21.2. The molecular weight excluding hydrogens is 767 g/mol. The number of rotatable bonds is 7. The van der Waals surface area contributed by atoms with E-state index in [1.165, 1.54) is 103 Å². The van der Waals surface area contributed by atoms with Crippen molar-refractivity contribution < 1.29 is 0 Å². The normalized spacial score (nSPS) is 11.5. The SMILES string of the molecule is c1ccc(-c2ccc(N(c3ccc(-c4ccc5cc(-c6ccc7ccccc7c6)ccc5c4)cc3)c3cc4ccccc4c4c3sc3ccccc34)c(-c3ccccc3)c2)cc1. The van der Waals surface area contributed by atoms with E-state index in [0.29, 0.717) is 0 Å². The summed E-state index contributed by atoms with van der Waals surface area (Å²) in [5, 5.41) is 10.1. The molecule has 0 atom stereocenters. The van der Waals surface area contributed by atoms with E-state index in [9.17, 15) is 0 Å². The summed E-state index contributed by atoms with van der Waals surface area (Å²) < 4.78 is 2.57. The molecule has 0 saturated carbocycles. The number of benzene rings is 11. The zero-order valence-electron chi connectivity index (χ0n) is 33.9. The molecule has 2 heteroatoms. The third-order valence-corrected chi connectivity index (χ3v) is 13.6. The molecule has 0 unspecified atom stereocenters. The molecule has 0 aliphatic carbocycles. The molecule has 0 saturated heterocycles. The van der Waals surface area contributed by atoms with Crippen molar-refractivity contribution in [2.45, 2.75) is 0 Å². The lowest BCUT2D eigenvalue weighted by Crippen LogP contribution is -2.11. The predicted octanol–water partition coefficient (Wildman–Crippen LogP) is 17.7. The Kier molecular flexibility index (Phi) is 8.76. The predicted molar refractivity (Wildman–Crippen MR) is 268 cm³/mol. The van der Waals surface area contributed by atoms with Crippen molar-refractivity contribution in [1.29, 1.82) is 0 Å². The monoisotopic (exact) mass is 805 g/mol. The molecule has 0 spiro atoms. The highest BCUT2D eigenvalue weighted by atomic mass is 32.1. The van der Waals surface area contributed by atoms with Gasteiger partial charge in [-0.3, -0.25) is 0 Å². The minimum Gasteiger partial charge on any atom is -0.308 e. The van der Waals surface area contributed by atoms with Gasteiger partial charge in [0, 0.05) is 26.7 Å². The van der Waals surface area contributed by atoms with Crippen LogP contribution in [0.3, 0.4) is 0 Å². The maximum atomic E-state index is 2.50. The summed E-state index contributed by atoms with van der Waals surface area (Å²) in [5.74, 6) is 0. The molecule has 0 N–H and O–H groups in total. The standard InChI is InChI=1S/C60H39NS/c1-3-13-40(14-4-1)50-31-34-56(55(38-50)43-16-5-2-6-17-43)61(57-39-51-19-9-10-20-53(51)59-54-21-11-12-22-58(54)62-60(57)59)52-32-29-42(30-33-52)45-25-26-48-37-49(28-27-47(48)36-45)46-24-23-41-15-7-8-18-44(41)35-46/h1-39H. The van der Waals surface area contributed by atoms with Crippen molar-refractivity contribution in [3.8, 4) is 44.5 Å². The molecule has 62 heavy (non-hydrogen) atoms. The maximum absolute atomic E-state index is 2.50. The Morgan fingerprint density at radius 3 is 1.48 bits per heavy atom. The van der Waals surface area contributed by atoms with Crippen LogP contribution in [0.5, 0.6) is 0 Å². The van der Waals surface area contributed by atoms with Crippen LogP contribution in [0.15, 0.2) is 237 Å². The first-order chi connectivity index (χ1) is 30.7. The number of nitrogens with zero attached hydrogens (tertiary/aromatic N) is 1. The molecule has 0 aliphatic rings. The van der Waals surface area contributed by atoms with Crippen molar-refractivity contribution in [3.05, 3.63) is 237 Å². The van der Waals surface area contributed by atoms with Gasteiger partial charge in [0.25, 0.3) is 0 Å². The average Bonchev–Trinajstić information content (AvgIpc) is 3.75. The van der Waals surface area contributed by atoms with E-state index in [4.69, 9.17) is 0 Å². The van der Waals surface area contributed by atoms with Crippen LogP contribution in [-0.4, -0.2) is 0 Å². The highest BCUT2D eigenvalue weighted by Gasteiger charge is 2.23. The van der Waals surface area contributed by atoms with E-state index < -0.39 is 0 Å². The molecule has 1 aromatic heterocycles. The van der Waals surface area contributed by atoms with Crippen LogP contribution in [0.4, 0.5) is 17.1 Å². The van der Waals surface area contributed by atoms with Gasteiger partial charge in [-0.2, -0.15) is 0 Å². The highest BCUT2D eigenvalue weighted by molar-refractivity contribution is 7.26. The van der Waals surface area contributed by atoms with Gasteiger partial charge in [-0.15, -0.1) is 11.3 Å². The summed E-state index contributed by atoms with van der Waals surface area (Å²) in [5.41, 5.74) is 13.0. The van der Waals surface area contributed by atoms with Crippen molar-refractivity contribution in [1.82, 2.24) is 0 Å². The van der Waals surface area contributed by atoms with Gasteiger partial charge < -0.3 is 4.90 Å². The van der Waals surface area contributed by atoms with Crippen LogP contribution in [0, 0.1) is 0 Å². The lowest BCUT2D eigenvalue weighted by molar-refractivity contribution is 1.30. The summed E-state index contributed by atoms with van der Waals surface area (Å²) in [6.45, 7) is 0. The Morgan fingerprint density at radius 1 is 0.290 bits per heavy atom. The Labute approximate surface area is 365 Å². The third kappa shape index (κ3) is 6.32. The molecule has 12 rings (SSSR count). The first kappa shape index (κ1) is 36.1. The molecule has 0 radical (unpaired) electrons. The van der Waals surface area contributed by atoms with Crippen LogP contribution < -0.4 is 4.90 Å². The Bertz CT molecular complexity index is 3620. The lowest BCUT2D eigenvalue weighted by atomic mass is 9.95. The van der Waals surface area contributed by atoms with E-state index in [1.54, 1.807) is 0 Å². The van der Waals surface area contributed by atoms with E-state index in [0.717, 1.165) is 11.4 Å². The van der Waals surface area contributed by atoms with Crippen molar-refractivity contribution in [3.63, 3.8) is 0 Å². The minimum absolute atomic E-state index is 1.10. The largest absolute Gasteiger partial charge is 0.308 e. The second-order valence-corrected chi connectivity index (χ2v) is 17.2. The summed E-state index contributed by atoms with van der Waals surface area (Å²) >= 11 is 1.88. The summed E-state index contributed by atoms with van der Waals surface area (Å²) in [7, 11) is 0. The average molecular weight is 806 g/mol. The van der Waals surface area contributed by atoms with Crippen LogP contribution in [-0.2, 0) is 0 Å². The second-order valence-electron chi connectivity index (χ2n) is 16.1. The Hall–Kier alpha value is -7.78. The molecule has 12 aromatic rings. The quantitative estimate of drug-likeness (QED) is 0.155. The highest BCUT2D eigenvalue weighted by Crippen LogP contribution is 2.50. The third-order valence-electron chi connectivity index (χ3n) is 12.4. The minimum atomic E-state index is 1.10. The molecule has 0 bridgehead atoms. The molecule has 0 amide bonds. The first-order valence-corrected chi connectivity index (χ1v) is 22.0. The zero-order valence-corrected chi connectivity index (χ0v) is 34.7. The van der Waals surface area contributed by atoms with Crippen LogP contribution in [0.1, 0.15) is 0 Å². The summed E-state index contributed by atoms with van der Waals surface area (Å²) in [6, 6.07) is 86.8. The van der Waals surface area contributed by atoms with Gasteiger partial charge in [-0.05, 0) is 126 Å². The number of hydrogen-bond acceptors (Lipinski definition) is 2. The van der Waals surface area contributed by atoms with Crippen molar-refractivity contribution in [2.75, 3.05) is 4.90 Å². The topological polar surface area (TPSA) is 3.24 Å². The number of hydrogen-bond donors (Lipinski definition) is 0. The van der Waals surface area contributed by atoms with Gasteiger partial charge in [0.2, 0.25) is 0 Å². The summed E-state index contributed by atoms with van der Waals surface area (Å²) in [4.78, 5) is 2.50. The van der Waals surface area contributed by atoms with E-state index in [2.05, 4.69) is 241 Å². The fourth-order valence-electron chi connectivity index (χ4n) is 9.30. The van der Waals surface area contributed by atoms with Crippen LogP contribution in [0.25, 0.3) is 97.0 Å². The lowest BCUT2D eigenvalue weighted by Gasteiger charge is -2.29. The smallest absolute Gasteiger partial charge is 0.0647 e. The van der Waals surface area contributed by atoms with Crippen molar-refractivity contribution in [2.24, 2.45) is 0 Å². The zero-order chi connectivity index (χ0) is 41.0. The fourth-order valence-corrected chi connectivity index (χ4v) is 10.5. The van der Waals surface area contributed by atoms with E-state index >= 15 is 0 Å².